The molecule has 5 heteroatoms. The van der Waals surface area contributed by atoms with Crippen molar-refractivity contribution in [1.82, 2.24) is 5.32 Å². The molecule has 0 aromatic heterocycles. The third-order valence-corrected chi connectivity index (χ3v) is 3.95. The summed E-state index contributed by atoms with van der Waals surface area (Å²) in [5.41, 5.74) is 0.938. The maximum Gasteiger partial charge on any atom is 0.251 e. The van der Waals surface area contributed by atoms with Crippen LogP contribution in [0.3, 0.4) is 0 Å². The van der Waals surface area contributed by atoms with E-state index in [9.17, 15) is 9.18 Å². The molecule has 1 atom stereocenters. The van der Waals surface area contributed by atoms with E-state index in [1.165, 1.54) is 6.07 Å². The highest BCUT2D eigenvalue weighted by molar-refractivity contribution is 5.94. The Bertz CT molecular complexity index is 699. The number of nitrogens with one attached hydrogen (secondary N) is 1. The van der Waals surface area contributed by atoms with E-state index in [1.807, 2.05) is 6.07 Å². The molecule has 1 heterocycles. The van der Waals surface area contributed by atoms with Crippen LogP contribution in [0.25, 0.3) is 0 Å². The molecule has 3 rings (SSSR count). The van der Waals surface area contributed by atoms with Crippen LogP contribution in [0, 0.1) is 5.82 Å². The molecule has 0 bridgehead atoms. The minimum Gasteiger partial charge on any atom is -0.491 e. The van der Waals surface area contributed by atoms with Crippen LogP contribution < -0.4 is 10.1 Å². The Hall–Kier alpha value is -2.40. The van der Waals surface area contributed by atoms with Crippen LogP contribution in [0.4, 0.5) is 4.39 Å². The molecule has 0 aliphatic carbocycles. The molecule has 2 aromatic carbocycles. The van der Waals surface area contributed by atoms with E-state index in [4.69, 9.17) is 9.47 Å². The molecule has 4 nitrogen and oxygen atoms in total. The number of halogens is 1. The van der Waals surface area contributed by atoms with Gasteiger partial charge in [0.25, 0.3) is 5.91 Å². The van der Waals surface area contributed by atoms with Crippen LogP contribution in [0.5, 0.6) is 5.75 Å². The fourth-order valence-electron chi connectivity index (χ4n) is 2.61. The highest BCUT2D eigenvalue weighted by Crippen LogP contribution is 2.17. The van der Waals surface area contributed by atoms with Gasteiger partial charge in [0, 0.05) is 24.3 Å². The predicted octanol–water partition coefficient (Wildman–Crippen LogP) is 3.31. The summed E-state index contributed by atoms with van der Waals surface area (Å²) < 4.78 is 24.8. The highest BCUT2D eigenvalue weighted by atomic mass is 19.1. The van der Waals surface area contributed by atoms with E-state index < -0.39 is 0 Å². The summed E-state index contributed by atoms with van der Waals surface area (Å²) in [4.78, 5) is 12.2. The fourth-order valence-corrected chi connectivity index (χ4v) is 2.61. The maximum atomic E-state index is 13.6. The van der Waals surface area contributed by atoms with E-state index >= 15 is 0 Å². The SMILES string of the molecule is O=C(NCc1ccccc1F)c1cccc(OC[C@@H]2CCCO2)c1. The number of rotatable bonds is 6. The van der Waals surface area contributed by atoms with Crippen molar-refractivity contribution in [3.8, 4) is 5.75 Å². The van der Waals surface area contributed by atoms with E-state index in [2.05, 4.69) is 5.32 Å². The summed E-state index contributed by atoms with van der Waals surface area (Å²) in [6.07, 6.45) is 2.19. The van der Waals surface area contributed by atoms with Gasteiger partial charge in [0.1, 0.15) is 18.2 Å². The molecule has 2 aromatic rings. The van der Waals surface area contributed by atoms with E-state index in [1.54, 1.807) is 36.4 Å². The highest BCUT2D eigenvalue weighted by Gasteiger charge is 2.16. The molecule has 0 saturated carbocycles. The molecule has 0 unspecified atom stereocenters. The fraction of sp³-hybridized carbons (Fsp3) is 0.316. The predicted molar refractivity (Wildman–Crippen MR) is 88.5 cm³/mol. The van der Waals surface area contributed by atoms with Gasteiger partial charge in [0.05, 0.1) is 6.10 Å². The van der Waals surface area contributed by atoms with Gasteiger partial charge in [-0.05, 0) is 37.1 Å². The zero-order valence-corrected chi connectivity index (χ0v) is 13.3. The van der Waals surface area contributed by atoms with Crippen LogP contribution in [0.2, 0.25) is 0 Å². The van der Waals surface area contributed by atoms with E-state index in [0.29, 0.717) is 23.5 Å². The summed E-state index contributed by atoms with van der Waals surface area (Å²) in [5, 5.41) is 2.72. The second-order valence-corrected chi connectivity index (χ2v) is 5.75. The van der Waals surface area contributed by atoms with Gasteiger partial charge in [0.2, 0.25) is 0 Å². The van der Waals surface area contributed by atoms with E-state index in [-0.39, 0.29) is 24.4 Å². The van der Waals surface area contributed by atoms with Crippen molar-refractivity contribution in [3.63, 3.8) is 0 Å². The number of benzene rings is 2. The topological polar surface area (TPSA) is 47.6 Å². The van der Waals surface area contributed by atoms with Gasteiger partial charge in [0.15, 0.2) is 0 Å². The van der Waals surface area contributed by atoms with Crippen molar-refractivity contribution < 1.29 is 18.7 Å². The van der Waals surface area contributed by atoms with Gasteiger partial charge < -0.3 is 14.8 Å². The van der Waals surface area contributed by atoms with Gasteiger partial charge in [-0.2, -0.15) is 0 Å². The molecule has 1 aliphatic heterocycles. The van der Waals surface area contributed by atoms with Crippen molar-refractivity contribution in [2.75, 3.05) is 13.2 Å². The van der Waals surface area contributed by atoms with Gasteiger partial charge in [-0.1, -0.05) is 24.3 Å². The third kappa shape index (κ3) is 4.32. The molecule has 1 saturated heterocycles. The summed E-state index contributed by atoms with van der Waals surface area (Å²) in [7, 11) is 0. The third-order valence-electron chi connectivity index (χ3n) is 3.95. The van der Waals surface area contributed by atoms with Gasteiger partial charge in [-0.15, -0.1) is 0 Å². The van der Waals surface area contributed by atoms with Crippen molar-refractivity contribution >= 4 is 5.91 Å². The zero-order chi connectivity index (χ0) is 16.8. The molecular weight excluding hydrogens is 309 g/mol. The molecular formula is C19H20FNO3. The van der Waals surface area contributed by atoms with E-state index in [0.717, 1.165) is 19.4 Å². The second kappa shape index (κ2) is 7.93. The number of hydrogen-bond donors (Lipinski definition) is 1. The summed E-state index contributed by atoms with van der Waals surface area (Å²) in [6.45, 7) is 1.42. The van der Waals surface area contributed by atoms with Crippen molar-refractivity contribution in [1.29, 1.82) is 0 Å². The Morgan fingerprint density at radius 1 is 1.25 bits per heavy atom. The first kappa shape index (κ1) is 16.5. The first-order chi connectivity index (χ1) is 11.7. The Morgan fingerprint density at radius 2 is 2.12 bits per heavy atom. The minimum absolute atomic E-state index is 0.128. The molecule has 24 heavy (non-hydrogen) atoms. The number of ether oxygens (including phenoxy) is 2. The second-order valence-electron chi connectivity index (χ2n) is 5.75. The number of carbonyl (C=O) groups is 1. The quantitative estimate of drug-likeness (QED) is 0.884. The van der Waals surface area contributed by atoms with Crippen molar-refractivity contribution in [2.45, 2.75) is 25.5 Å². The first-order valence-corrected chi connectivity index (χ1v) is 8.08. The number of hydrogen-bond acceptors (Lipinski definition) is 3. The van der Waals surface area contributed by atoms with Crippen LogP contribution in [-0.2, 0) is 11.3 Å². The lowest BCUT2D eigenvalue weighted by Gasteiger charge is -2.12. The van der Waals surface area contributed by atoms with Gasteiger partial charge in [-0.3, -0.25) is 4.79 Å². The van der Waals surface area contributed by atoms with Crippen LogP contribution in [-0.4, -0.2) is 25.2 Å². The van der Waals surface area contributed by atoms with Crippen LogP contribution >= 0.6 is 0 Å². The average molecular weight is 329 g/mol. The van der Waals surface area contributed by atoms with Crippen LogP contribution in [0.1, 0.15) is 28.8 Å². The normalized spacial score (nSPS) is 16.8. The molecule has 1 N–H and O–H groups in total. The Balaban J connectivity index is 1.56. The lowest BCUT2D eigenvalue weighted by molar-refractivity contribution is 0.0679. The molecule has 1 aliphatic rings. The molecule has 126 valence electrons. The maximum absolute atomic E-state index is 13.6. The minimum atomic E-state index is -0.327. The average Bonchev–Trinajstić information content (AvgIpc) is 3.13. The van der Waals surface area contributed by atoms with Gasteiger partial charge >= 0.3 is 0 Å². The molecule has 1 amide bonds. The molecule has 1 fully saturated rings. The Kier molecular flexibility index (Phi) is 5.43. The van der Waals surface area contributed by atoms with Crippen molar-refractivity contribution in [3.05, 3.63) is 65.5 Å². The summed E-state index contributed by atoms with van der Waals surface area (Å²) in [5.74, 6) is 0.0382. The Morgan fingerprint density at radius 3 is 2.92 bits per heavy atom. The lowest BCUT2D eigenvalue weighted by Crippen LogP contribution is -2.23. The van der Waals surface area contributed by atoms with Gasteiger partial charge in [-0.25, -0.2) is 4.39 Å². The van der Waals surface area contributed by atoms with Crippen molar-refractivity contribution in [2.24, 2.45) is 0 Å². The Labute approximate surface area is 140 Å². The standard InChI is InChI=1S/C19H20FNO3/c20-18-9-2-1-5-15(18)12-21-19(22)14-6-3-7-16(11-14)24-13-17-8-4-10-23-17/h1-3,5-7,9,11,17H,4,8,10,12-13H2,(H,21,22)/t17-/m0/s1. The zero-order valence-electron chi connectivity index (χ0n) is 13.3. The first-order valence-electron chi connectivity index (χ1n) is 8.08. The number of carbonyl (C=O) groups excluding carboxylic acids is 1. The molecule has 0 spiro atoms. The largest absolute Gasteiger partial charge is 0.491 e. The number of amides is 1. The van der Waals surface area contributed by atoms with Crippen LogP contribution in [0.15, 0.2) is 48.5 Å². The monoisotopic (exact) mass is 329 g/mol. The smallest absolute Gasteiger partial charge is 0.251 e. The summed E-state index contributed by atoms with van der Waals surface area (Å²) >= 11 is 0. The molecule has 0 radical (unpaired) electrons. The summed E-state index contributed by atoms with van der Waals surface area (Å²) in [6, 6.07) is 13.4. The lowest BCUT2D eigenvalue weighted by atomic mass is 10.1.